The normalized spacial score (nSPS) is 14.2. The van der Waals surface area contributed by atoms with Gasteiger partial charge in [-0.25, -0.2) is 20.5 Å². The van der Waals surface area contributed by atoms with Gasteiger partial charge in [0.2, 0.25) is 11.9 Å². The Hall–Kier alpha value is -4.77. The molecule has 3 heterocycles. The second-order valence-corrected chi connectivity index (χ2v) is 9.87. The van der Waals surface area contributed by atoms with E-state index in [1.54, 1.807) is 59.1 Å². The topological polar surface area (TPSA) is 175 Å². The number of nitrogens with one attached hydrogen (secondary N) is 3. The Balaban J connectivity index is 1.15. The summed E-state index contributed by atoms with van der Waals surface area (Å²) in [6.45, 7) is 3.87. The first kappa shape index (κ1) is 32.2. The molecule has 1 atom stereocenters. The van der Waals surface area contributed by atoms with E-state index in [1.165, 1.54) is 0 Å². The molecule has 1 saturated heterocycles. The van der Waals surface area contributed by atoms with Crippen molar-refractivity contribution in [1.29, 1.82) is 0 Å². The van der Waals surface area contributed by atoms with Crippen molar-refractivity contribution >= 4 is 23.5 Å². The maximum atomic E-state index is 13.2. The van der Waals surface area contributed by atoms with Gasteiger partial charge in [-0.1, -0.05) is 12.1 Å². The van der Waals surface area contributed by atoms with Crippen molar-refractivity contribution in [1.82, 2.24) is 30.5 Å². The molecule has 0 spiro atoms. The van der Waals surface area contributed by atoms with Gasteiger partial charge in [0.05, 0.1) is 43.9 Å². The van der Waals surface area contributed by atoms with Gasteiger partial charge >= 0.3 is 6.18 Å². The minimum absolute atomic E-state index is 0.0117. The summed E-state index contributed by atoms with van der Waals surface area (Å²) in [6, 6.07) is 5.95. The number of hydrogen-bond donors (Lipinski definition) is 4. The zero-order valence-corrected chi connectivity index (χ0v) is 23.6. The highest BCUT2D eigenvalue weighted by Gasteiger charge is 2.37. The summed E-state index contributed by atoms with van der Waals surface area (Å²) in [4.78, 5) is 48.0. The second kappa shape index (κ2) is 14.6. The summed E-state index contributed by atoms with van der Waals surface area (Å²) >= 11 is 0. The summed E-state index contributed by atoms with van der Waals surface area (Å²) in [6.07, 6.45) is -0.746. The highest BCUT2D eigenvalue weighted by Crippen LogP contribution is 2.31. The van der Waals surface area contributed by atoms with Crippen LogP contribution in [0.25, 0.3) is 0 Å². The van der Waals surface area contributed by atoms with Crippen LogP contribution in [0.4, 0.5) is 24.8 Å². The van der Waals surface area contributed by atoms with Gasteiger partial charge in [-0.3, -0.25) is 19.6 Å². The van der Waals surface area contributed by atoms with Crippen molar-refractivity contribution in [3.63, 3.8) is 0 Å². The number of halogens is 3. The van der Waals surface area contributed by atoms with E-state index in [4.69, 9.17) is 14.7 Å². The Bertz CT molecular complexity index is 1460. The van der Waals surface area contributed by atoms with Gasteiger partial charge in [-0.15, -0.1) is 0 Å². The quantitative estimate of drug-likeness (QED) is 0.132. The van der Waals surface area contributed by atoms with E-state index in [0.717, 1.165) is 11.8 Å². The Morgan fingerprint density at radius 3 is 2.41 bits per heavy atom. The molecule has 2 amide bonds. The summed E-state index contributed by atoms with van der Waals surface area (Å²) in [7, 11) is 0. The van der Waals surface area contributed by atoms with E-state index < -0.39 is 34.9 Å². The Labute approximate surface area is 249 Å². The number of hydroxylamine groups is 1. The van der Waals surface area contributed by atoms with E-state index in [2.05, 4.69) is 20.4 Å². The third-order valence-corrected chi connectivity index (χ3v) is 6.62. The molecule has 0 bridgehead atoms. The van der Waals surface area contributed by atoms with Crippen LogP contribution in [0, 0.1) is 0 Å². The number of alkyl halides is 3. The molecular formula is C27H31F3N8O6. The first-order valence-electron chi connectivity index (χ1n) is 13.5. The van der Waals surface area contributed by atoms with Gasteiger partial charge in [0.1, 0.15) is 12.2 Å². The van der Waals surface area contributed by atoms with Crippen molar-refractivity contribution < 1.29 is 37.4 Å². The van der Waals surface area contributed by atoms with Crippen LogP contribution in [-0.2, 0) is 22.3 Å². The third kappa shape index (κ3) is 8.63. The fourth-order valence-electron chi connectivity index (χ4n) is 4.36. The molecule has 0 saturated carbocycles. The predicted molar refractivity (Wildman–Crippen MR) is 149 cm³/mol. The number of amides is 2. The van der Waals surface area contributed by atoms with Crippen LogP contribution in [0.5, 0.6) is 5.75 Å². The summed E-state index contributed by atoms with van der Waals surface area (Å²) in [5, 5.41) is 16.5. The lowest BCUT2D eigenvalue weighted by Crippen LogP contribution is -2.49. The molecule has 0 aliphatic carbocycles. The molecule has 1 aromatic carbocycles. The van der Waals surface area contributed by atoms with Crippen LogP contribution in [-0.4, -0.2) is 87.5 Å². The molecule has 4 rings (SSSR count). The lowest BCUT2D eigenvalue weighted by atomic mass is 10.1. The van der Waals surface area contributed by atoms with Crippen molar-refractivity contribution in [3.05, 3.63) is 69.9 Å². The highest BCUT2D eigenvalue weighted by molar-refractivity contribution is 5.93. The number of benzene rings is 1. The summed E-state index contributed by atoms with van der Waals surface area (Å²) in [5.74, 6) is 0.240. The molecule has 3 aromatic rings. The highest BCUT2D eigenvalue weighted by atomic mass is 19.4. The minimum atomic E-state index is -4.85. The van der Waals surface area contributed by atoms with Crippen LogP contribution >= 0.6 is 0 Å². The van der Waals surface area contributed by atoms with Gasteiger partial charge in [-0.2, -0.15) is 18.3 Å². The molecule has 1 fully saturated rings. The smallest absolute Gasteiger partial charge is 0.423 e. The van der Waals surface area contributed by atoms with Gasteiger partial charge in [0.25, 0.3) is 11.5 Å². The number of aromatic nitrogens is 4. The number of carbonyl (C=O) groups is 2. The molecule has 44 heavy (non-hydrogen) atoms. The van der Waals surface area contributed by atoms with Crippen molar-refractivity contribution in [2.24, 2.45) is 0 Å². The summed E-state index contributed by atoms with van der Waals surface area (Å²) < 4.78 is 50.8. The average Bonchev–Trinajstić information content (AvgIpc) is 3.01. The number of ether oxygens (including phenoxy) is 2. The number of aromatic amines is 1. The Morgan fingerprint density at radius 1 is 1.09 bits per heavy atom. The fourth-order valence-corrected chi connectivity index (χ4v) is 4.36. The van der Waals surface area contributed by atoms with E-state index in [1.807, 2.05) is 4.90 Å². The zero-order valence-electron chi connectivity index (χ0n) is 23.6. The number of rotatable bonds is 12. The first-order valence-corrected chi connectivity index (χ1v) is 13.5. The standard InChI is InChI=1S/C27H31F3N8O6/c1-17(34-21-14-33-35-25(41)23(21)27(28,29)30)15-43-11-6-22(39)37-7-9-38(10-8-37)26-31-12-20(13-32-26)44-16-18-2-4-19(5-3-18)24(40)36-42/h2-5,12-14,17,42H,6-11,15-16H2,1H3,(H,36,40)(H2,34,35,41)/t17-/m0/s1. The number of carbonyl (C=O) groups excluding carboxylic acids is 2. The fraction of sp³-hybridized carbons (Fsp3) is 0.407. The molecule has 1 aliphatic heterocycles. The molecule has 17 heteroatoms. The van der Waals surface area contributed by atoms with Gasteiger partial charge in [-0.05, 0) is 24.6 Å². The molecular weight excluding hydrogens is 589 g/mol. The number of nitrogens with zero attached hydrogens (tertiary/aromatic N) is 5. The second-order valence-electron chi connectivity index (χ2n) is 9.87. The van der Waals surface area contributed by atoms with Crippen molar-refractivity contribution in [2.75, 3.05) is 49.6 Å². The maximum absolute atomic E-state index is 13.2. The Morgan fingerprint density at radius 2 is 1.77 bits per heavy atom. The lowest BCUT2D eigenvalue weighted by molar-refractivity contribution is -0.138. The zero-order chi connectivity index (χ0) is 31.7. The van der Waals surface area contributed by atoms with Crippen molar-refractivity contribution in [2.45, 2.75) is 32.2 Å². The van der Waals surface area contributed by atoms with E-state index in [9.17, 15) is 27.6 Å². The molecule has 0 unspecified atom stereocenters. The van der Waals surface area contributed by atoms with Crippen LogP contribution in [0.15, 0.2) is 47.7 Å². The van der Waals surface area contributed by atoms with Crippen LogP contribution in [0.1, 0.15) is 34.8 Å². The maximum Gasteiger partial charge on any atom is 0.423 e. The molecule has 236 valence electrons. The van der Waals surface area contributed by atoms with Crippen molar-refractivity contribution in [3.8, 4) is 5.75 Å². The third-order valence-electron chi connectivity index (χ3n) is 6.62. The van der Waals surface area contributed by atoms with E-state index >= 15 is 0 Å². The monoisotopic (exact) mass is 620 g/mol. The number of H-pyrrole nitrogens is 1. The predicted octanol–water partition coefficient (Wildman–Crippen LogP) is 1.83. The molecule has 1 aliphatic rings. The lowest BCUT2D eigenvalue weighted by Gasteiger charge is -2.34. The largest absolute Gasteiger partial charge is 0.486 e. The molecule has 14 nitrogen and oxygen atoms in total. The molecule has 4 N–H and O–H groups in total. The Kier molecular flexibility index (Phi) is 10.7. The SMILES string of the molecule is C[C@@H](COCCC(=O)N1CCN(c2ncc(OCc3ccc(C(=O)NO)cc3)cn2)CC1)Nc1cn[nH]c(=O)c1C(F)(F)F. The van der Waals surface area contributed by atoms with Gasteiger partial charge < -0.3 is 24.6 Å². The summed E-state index contributed by atoms with van der Waals surface area (Å²) in [5.41, 5.74) is -0.455. The number of piperazine rings is 1. The minimum Gasteiger partial charge on any atom is -0.486 e. The van der Waals surface area contributed by atoms with Crippen LogP contribution in [0.3, 0.4) is 0 Å². The van der Waals surface area contributed by atoms with Crippen LogP contribution in [0.2, 0.25) is 0 Å². The van der Waals surface area contributed by atoms with Gasteiger partial charge in [0, 0.05) is 37.8 Å². The van der Waals surface area contributed by atoms with E-state index in [-0.39, 0.29) is 32.1 Å². The average molecular weight is 621 g/mol. The van der Waals surface area contributed by atoms with E-state index in [0.29, 0.717) is 43.4 Å². The van der Waals surface area contributed by atoms with Gasteiger partial charge in [0.15, 0.2) is 5.75 Å². The number of hydrogen-bond acceptors (Lipinski definition) is 11. The molecule has 2 aromatic heterocycles. The molecule has 0 radical (unpaired) electrons. The first-order chi connectivity index (χ1) is 21.0. The van der Waals surface area contributed by atoms with Crippen LogP contribution < -0.4 is 26.0 Å². The number of anilines is 2.